The minimum Gasteiger partial charge on any atom is -0.354 e. The van der Waals surface area contributed by atoms with Crippen LogP contribution in [0.2, 0.25) is 0 Å². The largest absolute Gasteiger partial charge is 0.354 e. The Morgan fingerprint density at radius 1 is 0.927 bits per heavy atom. The van der Waals surface area contributed by atoms with E-state index in [9.17, 15) is 9.18 Å². The summed E-state index contributed by atoms with van der Waals surface area (Å²) in [4.78, 5) is 27.1. The molecule has 1 saturated heterocycles. The molecule has 1 fully saturated rings. The van der Waals surface area contributed by atoms with Gasteiger partial charge in [-0.15, -0.1) is 0 Å². The quantitative estimate of drug-likeness (QED) is 0.181. The molecule has 0 aliphatic carbocycles. The molecule has 0 atom stereocenters. The Morgan fingerprint density at radius 2 is 1.63 bits per heavy atom. The molecule has 2 heterocycles. The fourth-order valence-electron chi connectivity index (χ4n) is 4.64. The number of nitrogens with zero attached hydrogens (tertiary/aromatic N) is 4. The zero-order chi connectivity index (χ0) is 28.6. The van der Waals surface area contributed by atoms with Gasteiger partial charge in [0.1, 0.15) is 11.6 Å². The Morgan fingerprint density at radius 3 is 2.34 bits per heavy atom. The zero-order valence-electron chi connectivity index (χ0n) is 23.4. The number of thioether (sulfide) groups is 1. The Hall–Kier alpha value is -4.01. The molecule has 1 aliphatic heterocycles. The topological polar surface area (TPSA) is 61.4 Å². The summed E-state index contributed by atoms with van der Waals surface area (Å²) >= 11 is 1.60. The van der Waals surface area contributed by atoms with E-state index in [1.54, 1.807) is 36.0 Å². The molecule has 0 unspecified atom stereocenters. The lowest BCUT2D eigenvalue weighted by molar-refractivity contribution is 0.102. The van der Waals surface area contributed by atoms with Gasteiger partial charge < -0.3 is 10.2 Å². The smallest absolute Gasteiger partial charge is 0.255 e. The van der Waals surface area contributed by atoms with E-state index >= 15 is 0 Å². The van der Waals surface area contributed by atoms with Crippen molar-refractivity contribution in [2.24, 2.45) is 0 Å². The number of hydrogen-bond donors (Lipinski definition) is 1. The average Bonchev–Trinajstić information content (AvgIpc) is 3.00. The number of nitrogens with one attached hydrogen (secondary N) is 1. The van der Waals surface area contributed by atoms with E-state index in [2.05, 4.69) is 58.5 Å². The summed E-state index contributed by atoms with van der Waals surface area (Å²) in [6.45, 7) is 8.94. The predicted molar refractivity (Wildman–Crippen MR) is 166 cm³/mol. The van der Waals surface area contributed by atoms with Crippen LogP contribution < -0.4 is 10.2 Å². The van der Waals surface area contributed by atoms with Crippen molar-refractivity contribution >= 4 is 35.3 Å². The predicted octanol–water partition coefficient (Wildman–Crippen LogP) is 6.61. The van der Waals surface area contributed by atoms with Gasteiger partial charge in [-0.3, -0.25) is 9.69 Å². The summed E-state index contributed by atoms with van der Waals surface area (Å²) < 4.78 is 13.1. The summed E-state index contributed by atoms with van der Waals surface area (Å²) in [5.41, 5.74) is 5.53. The molecule has 5 rings (SSSR count). The number of rotatable bonds is 9. The van der Waals surface area contributed by atoms with Crippen LogP contribution in [0.15, 0.2) is 90.1 Å². The maximum atomic E-state index is 13.1. The summed E-state index contributed by atoms with van der Waals surface area (Å²) in [6.07, 6.45) is 4.43. The second kappa shape index (κ2) is 13.6. The summed E-state index contributed by atoms with van der Waals surface area (Å²) in [6, 6.07) is 23.6. The second-order valence-electron chi connectivity index (χ2n) is 10.1. The SMILES string of the molecule is Cc1nc(SCc2ccc(C(=O)Nc3ccc(F)cc3)cc2)nc(N2CCN(C/C=C/c3ccccc3)CC2)c1C. The maximum Gasteiger partial charge on any atom is 0.255 e. The van der Waals surface area contributed by atoms with Crippen molar-refractivity contribution in [1.29, 1.82) is 0 Å². The van der Waals surface area contributed by atoms with E-state index < -0.39 is 0 Å². The van der Waals surface area contributed by atoms with Crippen LogP contribution in [0.5, 0.6) is 0 Å². The lowest BCUT2D eigenvalue weighted by atomic mass is 10.1. The van der Waals surface area contributed by atoms with Crippen molar-refractivity contribution in [3.63, 3.8) is 0 Å². The molecule has 41 heavy (non-hydrogen) atoms. The highest BCUT2D eigenvalue weighted by atomic mass is 32.2. The first-order valence-electron chi connectivity index (χ1n) is 13.8. The maximum absolute atomic E-state index is 13.1. The molecular formula is C33H34FN5OS. The number of hydrogen-bond acceptors (Lipinski definition) is 6. The van der Waals surface area contributed by atoms with Crippen molar-refractivity contribution in [3.05, 3.63) is 119 Å². The number of carbonyl (C=O) groups is 1. The number of benzene rings is 3. The van der Waals surface area contributed by atoms with Crippen molar-refractivity contribution in [2.45, 2.75) is 24.8 Å². The van der Waals surface area contributed by atoms with Gasteiger partial charge in [-0.25, -0.2) is 14.4 Å². The number of amides is 1. The number of aromatic nitrogens is 2. The highest BCUT2D eigenvalue weighted by Crippen LogP contribution is 2.27. The number of carbonyl (C=O) groups excluding carboxylic acids is 1. The van der Waals surface area contributed by atoms with Crippen molar-refractivity contribution in [2.75, 3.05) is 42.9 Å². The molecule has 210 valence electrons. The molecule has 1 amide bonds. The van der Waals surface area contributed by atoms with Crippen LogP contribution in [-0.4, -0.2) is 53.5 Å². The monoisotopic (exact) mass is 567 g/mol. The molecule has 1 aromatic heterocycles. The minimum absolute atomic E-state index is 0.231. The minimum atomic E-state index is -0.338. The third kappa shape index (κ3) is 7.80. The van der Waals surface area contributed by atoms with E-state index in [1.165, 1.54) is 17.7 Å². The Kier molecular flexibility index (Phi) is 9.44. The zero-order valence-corrected chi connectivity index (χ0v) is 24.2. The van der Waals surface area contributed by atoms with Gasteiger partial charge in [0.15, 0.2) is 5.16 Å². The third-order valence-corrected chi connectivity index (χ3v) is 8.09. The first kappa shape index (κ1) is 28.5. The van der Waals surface area contributed by atoms with Crippen LogP contribution in [-0.2, 0) is 5.75 Å². The number of piperazine rings is 1. The number of anilines is 2. The molecule has 0 spiro atoms. The third-order valence-electron chi connectivity index (χ3n) is 7.17. The molecule has 3 aromatic carbocycles. The molecule has 8 heteroatoms. The summed E-state index contributed by atoms with van der Waals surface area (Å²) in [5, 5.41) is 3.55. The molecule has 1 aliphatic rings. The molecule has 6 nitrogen and oxygen atoms in total. The van der Waals surface area contributed by atoms with E-state index in [0.717, 1.165) is 60.5 Å². The van der Waals surface area contributed by atoms with Crippen LogP contribution in [0, 0.1) is 19.7 Å². The Balaban J connectivity index is 1.14. The van der Waals surface area contributed by atoms with E-state index in [1.807, 2.05) is 25.1 Å². The molecule has 0 bridgehead atoms. The van der Waals surface area contributed by atoms with Crippen molar-refractivity contribution in [1.82, 2.24) is 14.9 Å². The van der Waals surface area contributed by atoms with Gasteiger partial charge in [0.2, 0.25) is 0 Å². The summed E-state index contributed by atoms with van der Waals surface area (Å²) in [5.74, 6) is 1.15. The van der Waals surface area contributed by atoms with Crippen LogP contribution in [0.3, 0.4) is 0 Å². The first-order valence-corrected chi connectivity index (χ1v) is 14.8. The molecule has 1 N–H and O–H groups in total. The van der Waals surface area contributed by atoms with E-state index in [0.29, 0.717) is 17.0 Å². The normalized spacial score (nSPS) is 14.0. The van der Waals surface area contributed by atoms with Crippen molar-refractivity contribution in [3.8, 4) is 0 Å². The van der Waals surface area contributed by atoms with Crippen molar-refractivity contribution < 1.29 is 9.18 Å². The molecular weight excluding hydrogens is 533 g/mol. The highest BCUT2D eigenvalue weighted by Gasteiger charge is 2.21. The standard InChI is InChI=1S/C33H34FN5OS/c1-24-25(2)35-33(37-31(24)39-21-19-38(20-22-39)18-6-9-26-7-4-3-5-8-26)41-23-27-10-12-28(13-11-27)32(40)36-30-16-14-29(34)15-17-30/h3-17H,18-23H2,1-2H3,(H,36,40)/b9-6+. The van der Waals surface area contributed by atoms with Crippen LogP contribution >= 0.6 is 11.8 Å². The highest BCUT2D eigenvalue weighted by molar-refractivity contribution is 7.98. The van der Waals surface area contributed by atoms with Gasteiger partial charge in [0.05, 0.1) is 0 Å². The van der Waals surface area contributed by atoms with Crippen LogP contribution in [0.4, 0.5) is 15.9 Å². The van der Waals surface area contributed by atoms with Gasteiger partial charge in [0.25, 0.3) is 5.91 Å². The fourth-order valence-corrected chi connectivity index (χ4v) is 5.48. The van der Waals surface area contributed by atoms with Crippen LogP contribution in [0.25, 0.3) is 6.08 Å². The average molecular weight is 568 g/mol. The molecule has 0 saturated carbocycles. The Bertz CT molecular complexity index is 1490. The molecule has 0 radical (unpaired) electrons. The Labute approximate surface area is 245 Å². The fraction of sp³-hybridized carbons (Fsp3) is 0.242. The lowest BCUT2D eigenvalue weighted by Crippen LogP contribution is -2.47. The van der Waals surface area contributed by atoms with E-state index in [4.69, 9.17) is 9.97 Å². The molecule has 4 aromatic rings. The van der Waals surface area contributed by atoms with E-state index in [-0.39, 0.29) is 11.7 Å². The van der Waals surface area contributed by atoms with Gasteiger partial charge >= 0.3 is 0 Å². The number of aryl methyl sites for hydroxylation is 1. The first-order chi connectivity index (χ1) is 19.9. The van der Waals surface area contributed by atoms with Gasteiger partial charge in [0, 0.05) is 61.0 Å². The second-order valence-corrected chi connectivity index (χ2v) is 11.0. The summed E-state index contributed by atoms with van der Waals surface area (Å²) in [7, 11) is 0. The van der Waals surface area contributed by atoms with Gasteiger partial charge in [-0.1, -0.05) is 66.4 Å². The van der Waals surface area contributed by atoms with Gasteiger partial charge in [-0.05, 0) is 61.4 Å². The lowest BCUT2D eigenvalue weighted by Gasteiger charge is -2.35. The number of halogens is 1. The van der Waals surface area contributed by atoms with Gasteiger partial charge in [-0.2, -0.15) is 0 Å². The van der Waals surface area contributed by atoms with Crippen LogP contribution in [0.1, 0.15) is 32.7 Å².